The Labute approximate surface area is 200 Å². The van der Waals surface area contributed by atoms with E-state index in [0.29, 0.717) is 22.8 Å². The van der Waals surface area contributed by atoms with Crippen molar-refractivity contribution >= 4 is 11.9 Å². The normalized spacial score (nSPS) is 15.9. The maximum atomic E-state index is 12.9. The summed E-state index contributed by atoms with van der Waals surface area (Å²) >= 11 is 0. The van der Waals surface area contributed by atoms with Crippen LogP contribution in [0, 0.1) is 5.41 Å². The molecule has 1 fully saturated rings. The van der Waals surface area contributed by atoms with Crippen molar-refractivity contribution in [3.8, 4) is 28.4 Å². The van der Waals surface area contributed by atoms with Crippen molar-refractivity contribution in [3.63, 3.8) is 0 Å². The first-order chi connectivity index (χ1) is 16.3. The molecule has 2 aliphatic rings. The number of hydrogen-bond donors (Lipinski definition) is 0. The number of esters is 2. The first-order valence-electron chi connectivity index (χ1n) is 11.7. The largest absolute Gasteiger partial charge is 0.493 e. The van der Waals surface area contributed by atoms with Gasteiger partial charge in [-0.2, -0.15) is 0 Å². The molecular weight excluding hydrogens is 436 g/mol. The monoisotopic (exact) mass is 468 g/mol. The molecule has 0 N–H and O–H groups in total. The zero-order chi connectivity index (χ0) is 24.3. The van der Waals surface area contributed by atoms with Gasteiger partial charge >= 0.3 is 11.9 Å². The maximum Gasteiger partial charge on any atom is 0.338 e. The molecule has 1 aliphatic heterocycles. The summed E-state index contributed by atoms with van der Waals surface area (Å²) in [5.41, 5.74) is 2.13. The van der Waals surface area contributed by atoms with Gasteiger partial charge in [0.25, 0.3) is 0 Å². The van der Waals surface area contributed by atoms with Crippen LogP contribution in [0.1, 0.15) is 61.9 Å². The molecule has 0 aromatic heterocycles. The van der Waals surface area contributed by atoms with Crippen LogP contribution in [0.2, 0.25) is 0 Å². The average Bonchev–Trinajstić information content (AvgIpc) is 3.22. The smallest absolute Gasteiger partial charge is 0.338 e. The number of ether oxygens (including phenoxy) is 5. The summed E-state index contributed by atoms with van der Waals surface area (Å²) in [6.45, 7) is 3.98. The molecule has 4 rings (SSSR count). The van der Waals surface area contributed by atoms with Gasteiger partial charge in [-0.1, -0.05) is 12.5 Å². The Balaban J connectivity index is 1.61. The summed E-state index contributed by atoms with van der Waals surface area (Å²) in [6, 6.07) is 9.20. The number of benzene rings is 2. The van der Waals surface area contributed by atoms with Gasteiger partial charge in [0.2, 0.25) is 5.75 Å². The minimum Gasteiger partial charge on any atom is -0.493 e. The molecule has 0 saturated heterocycles. The van der Waals surface area contributed by atoms with Crippen molar-refractivity contribution in [1.82, 2.24) is 0 Å². The molecule has 0 bridgehead atoms. The predicted molar refractivity (Wildman–Crippen MR) is 126 cm³/mol. The second-order valence-electron chi connectivity index (χ2n) is 9.46. The van der Waals surface area contributed by atoms with E-state index in [-0.39, 0.29) is 31.3 Å². The molecule has 2 aromatic carbocycles. The van der Waals surface area contributed by atoms with Crippen molar-refractivity contribution < 1.29 is 33.3 Å². The Hall–Kier alpha value is -3.22. The van der Waals surface area contributed by atoms with Crippen LogP contribution in [-0.2, 0) is 20.9 Å². The van der Waals surface area contributed by atoms with Crippen molar-refractivity contribution in [3.05, 3.63) is 41.5 Å². The molecule has 0 unspecified atom stereocenters. The van der Waals surface area contributed by atoms with Crippen LogP contribution in [0.15, 0.2) is 30.3 Å². The van der Waals surface area contributed by atoms with Gasteiger partial charge in [-0.15, -0.1) is 0 Å². The molecule has 7 heteroatoms. The molecule has 1 aliphatic carbocycles. The predicted octanol–water partition coefficient (Wildman–Crippen LogP) is 5.32. The van der Waals surface area contributed by atoms with E-state index in [1.807, 2.05) is 32.0 Å². The lowest BCUT2D eigenvalue weighted by Crippen LogP contribution is -2.36. The third-order valence-electron chi connectivity index (χ3n) is 6.45. The topological polar surface area (TPSA) is 80.3 Å². The van der Waals surface area contributed by atoms with Crippen molar-refractivity contribution in [2.75, 3.05) is 20.8 Å². The highest BCUT2D eigenvalue weighted by atomic mass is 16.6. The summed E-state index contributed by atoms with van der Waals surface area (Å²) < 4.78 is 28.3. The number of rotatable bonds is 8. The van der Waals surface area contributed by atoms with Gasteiger partial charge in [-0.05, 0) is 69.4 Å². The fourth-order valence-electron chi connectivity index (χ4n) is 4.38. The van der Waals surface area contributed by atoms with E-state index in [1.165, 1.54) is 6.42 Å². The summed E-state index contributed by atoms with van der Waals surface area (Å²) in [5.74, 6) is 0.831. The van der Waals surface area contributed by atoms with Crippen LogP contribution in [0.4, 0.5) is 0 Å². The van der Waals surface area contributed by atoms with Crippen LogP contribution in [-0.4, -0.2) is 38.9 Å². The van der Waals surface area contributed by atoms with E-state index in [1.54, 1.807) is 26.4 Å². The minimum atomic E-state index is -0.860. The molecule has 7 nitrogen and oxygen atoms in total. The Bertz CT molecular complexity index is 1070. The van der Waals surface area contributed by atoms with Gasteiger partial charge in [-0.3, -0.25) is 4.79 Å². The van der Waals surface area contributed by atoms with Crippen molar-refractivity contribution in [2.24, 2.45) is 5.41 Å². The van der Waals surface area contributed by atoms with Gasteiger partial charge in [-0.25, -0.2) is 4.79 Å². The molecule has 0 spiro atoms. The lowest BCUT2D eigenvalue weighted by molar-refractivity contribution is -0.162. The Morgan fingerprint density at radius 3 is 2.44 bits per heavy atom. The van der Waals surface area contributed by atoms with Crippen LogP contribution in [0.25, 0.3) is 11.1 Å². The van der Waals surface area contributed by atoms with E-state index < -0.39 is 5.41 Å². The van der Waals surface area contributed by atoms with E-state index in [2.05, 4.69) is 0 Å². The standard InChI is InChI=1S/C27H32O7/c1-27(2,26(29)34-19-8-6-5-7-9-19)16-33-23-20(12-13-22(30-3)24(23)31-4)17-10-11-21-18(14-17)15-32-25(21)28/h10-14,19H,5-9,15-16H2,1-4H3. The first kappa shape index (κ1) is 23.9. The molecule has 0 atom stereocenters. The number of cyclic esters (lactones) is 1. The Morgan fingerprint density at radius 1 is 1.00 bits per heavy atom. The fraction of sp³-hybridized carbons (Fsp3) is 0.481. The number of fused-ring (bicyclic) bond motifs is 1. The highest BCUT2D eigenvalue weighted by Crippen LogP contribution is 2.45. The van der Waals surface area contributed by atoms with Gasteiger partial charge < -0.3 is 23.7 Å². The van der Waals surface area contributed by atoms with E-state index >= 15 is 0 Å². The van der Waals surface area contributed by atoms with Gasteiger partial charge in [0.15, 0.2) is 11.5 Å². The summed E-state index contributed by atoms with van der Waals surface area (Å²) in [5, 5.41) is 0. The van der Waals surface area contributed by atoms with Crippen molar-refractivity contribution in [1.29, 1.82) is 0 Å². The minimum absolute atomic E-state index is 0.0150. The van der Waals surface area contributed by atoms with E-state index in [4.69, 9.17) is 23.7 Å². The molecule has 0 radical (unpaired) electrons. The summed E-state index contributed by atoms with van der Waals surface area (Å²) in [4.78, 5) is 24.8. The summed E-state index contributed by atoms with van der Waals surface area (Å²) in [7, 11) is 3.11. The SMILES string of the molecule is COc1ccc(-c2ccc3c(c2)COC3=O)c(OCC(C)(C)C(=O)OC2CCCCC2)c1OC. The first-order valence-corrected chi connectivity index (χ1v) is 11.7. The lowest BCUT2D eigenvalue weighted by atomic mass is 9.93. The van der Waals surface area contributed by atoms with Crippen LogP contribution >= 0.6 is 0 Å². The average molecular weight is 469 g/mol. The third-order valence-corrected chi connectivity index (χ3v) is 6.45. The van der Waals surface area contributed by atoms with Crippen LogP contribution in [0.3, 0.4) is 0 Å². The second-order valence-corrected chi connectivity index (χ2v) is 9.46. The molecular formula is C27H32O7. The molecule has 34 heavy (non-hydrogen) atoms. The molecule has 182 valence electrons. The number of carbonyl (C=O) groups is 2. The quantitative estimate of drug-likeness (QED) is 0.485. The lowest BCUT2D eigenvalue weighted by Gasteiger charge is -2.29. The van der Waals surface area contributed by atoms with Gasteiger partial charge in [0.1, 0.15) is 19.3 Å². The van der Waals surface area contributed by atoms with E-state index in [0.717, 1.165) is 42.4 Å². The van der Waals surface area contributed by atoms with Crippen LogP contribution < -0.4 is 14.2 Å². The highest BCUT2D eigenvalue weighted by molar-refractivity contribution is 5.94. The molecule has 1 saturated carbocycles. The zero-order valence-electron chi connectivity index (χ0n) is 20.3. The number of carbonyl (C=O) groups excluding carboxylic acids is 2. The summed E-state index contributed by atoms with van der Waals surface area (Å²) in [6.07, 6.45) is 5.20. The van der Waals surface area contributed by atoms with E-state index in [9.17, 15) is 9.59 Å². The zero-order valence-corrected chi connectivity index (χ0v) is 20.3. The highest BCUT2D eigenvalue weighted by Gasteiger charge is 2.34. The van der Waals surface area contributed by atoms with Crippen molar-refractivity contribution in [2.45, 2.75) is 58.7 Å². The number of methoxy groups -OCH3 is 2. The second kappa shape index (κ2) is 9.95. The maximum absolute atomic E-state index is 12.9. The van der Waals surface area contributed by atoms with Gasteiger partial charge in [0.05, 0.1) is 25.2 Å². The molecule has 1 heterocycles. The Morgan fingerprint density at radius 2 is 1.74 bits per heavy atom. The fourth-order valence-corrected chi connectivity index (χ4v) is 4.38. The molecule has 0 amide bonds. The Kier molecular flexibility index (Phi) is 7.00. The third kappa shape index (κ3) is 4.83. The van der Waals surface area contributed by atoms with Crippen LogP contribution in [0.5, 0.6) is 17.2 Å². The van der Waals surface area contributed by atoms with Gasteiger partial charge in [0, 0.05) is 11.1 Å². The molecule has 2 aromatic rings. The number of hydrogen-bond acceptors (Lipinski definition) is 7.